The summed E-state index contributed by atoms with van der Waals surface area (Å²) in [5, 5.41) is 11.8. The van der Waals surface area contributed by atoms with Crippen LogP contribution in [0.15, 0.2) is 188 Å². The standard InChI is InChI=1S/C67H45N5/c1-36-21-37(2)24-48(23-36)60-62-52-29-42-15-7-5-13-40(42)27-50(52)58(68-62)35-59-51-28-41-14-6-8-16-43(41)30-53(51)63(69-59)61(49-25-38(3)22-39(4)26-49)65-55-32-45-18-10-12-20-47(45)34-57(55)67(71-65)72-66-56-33-46-19-11-9-17-44(46)31-54(56)64(60)70-66/h5-35,68H,1-4H3,(H,70,71,72)/i1D3,3D3. The molecule has 0 fully saturated rings. The third-order valence-corrected chi connectivity index (χ3v) is 14.8. The van der Waals surface area contributed by atoms with Gasteiger partial charge >= 0.3 is 0 Å². The van der Waals surface area contributed by atoms with Crippen LogP contribution in [0.25, 0.3) is 154 Å². The summed E-state index contributed by atoms with van der Waals surface area (Å²) in [6.07, 6.45) is 0. The third kappa shape index (κ3) is 6.23. The first-order chi connectivity index (χ1) is 37.7. The smallest absolute Gasteiger partial charge is 0.162 e. The molecule has 0 saturated carbocycles. The largest absolute Gasteiger partial charge is 0.354 e. The van der Waals surface area contributed by atoms with Crippen molar-refractivity contribution in [2.45, 2.75) is 27.6 Å². The highest BCUT2D eigenvalue weighted by molar-refractivity contribution is 6.20. The van der Waals surface area contributed by atoms with Gasteiger partial charge in [0, 0.05) is 68.7 Å². The van der Waals surface area contributed by atoms with Gasteiger partial charge in [0.2, 0.25) is 0 Å². The molecule has 3 aromatic heterocycles. The van der Waals surface area contributed by atoms with Gasteiger partial charge in [-0.1, -0.05) is 156 Å². The van der Waals surface area contributed by atoms with Crippen molar-refractivity contribution in [2.24, 2.45) is 0 Å². The van der Waals surface area contributed by atoms with Gasteiger partial charge in [-0.05, 0) is 136 Å². The van der Waals surface area contributed by atoms with E-state index in [1.165, 1.54) is 0 Å². The molecule has 5 heterocycles. The quantitative estimate of drug-likeness (QED) is 0.181. The Morgan fingerprint density at radius 1 is 0.361 bits per heavy atom. The van der Waals surface area contributed by atoms with Crippen molar-refractivity contribution in [3.8, 4) is 67.4 Å². The molecule has 10 aromatic carbocycles. The predicted molar refractivity (Wildman–Crippen MR) is 303 cm³/mol. The van der Waals surface area contributed by atoms with E-state index in [1.54, 1.807) is 24.3 Å². The van der Waals surface area contributed by atoms with Gasteiger partial charge in [0.15, 0.2) is 5.82 Å². The Labute approximate surface area is 423 Å². The number of H-pyrrole nitrogens is 2. The van der Waals surface area contributed by atoms with Crippen molar-refractivity contribution < 1.29 is 8.22 Å². The third-order valence-electron chi connectivity index (χ3n) is 14.8. The highest BCUT2D eigenvalue weighted by Gasteiger charge is 2.28. The van der Waals surface area contributed by atoms with E-state index in [4.69, 9.17) is 23.2 Å². The summed E-state index contributed by atoms with van der Waals surface area (Å²) in [6.45, 7) is -0.904. The number of nitrogens with one attached hydrogen (secondary N) is 2. The lowest BCUT2D eigenvalue weighted by molar-refractivity contribution is 1.27. The van der Waals surface area contributed by atoms with E-state index in [-0.39, 0.29) is 11.1 Å². The Morgan fingerprint density at radius 2 is 0.778 bits per heavy atom. The van der Waals surface area contributed by atoms with Crippen molar-refractivity contribution in [1.29, 1.82) is 0 Å². The molecule has 72 heavy (non-hydrogen) atoms. The van der Waals surface area contributed by atoms with Crippen molar-refractivity contribution in [1.82, 2.24) is 24.9 Å². The Morgan fingerprint density at radius 3 is 1.32 bits per heavy atom. The molecule has 0 atom stereocenters. The minimum atomic E-state index is -2.39. The monoisotopic (exact) mass is 925 g/mol. The SMILES string of the molecule is [2H]C([2H])([2H])c1cc(C)cc(-c2c3nc(nc4[nH]c(c(-c5cc(C)cc(C([2H])([2H])[2H])c5)c5nc(cc6[nH]c2c2cc7ccccc7cc62)-c2cc6ccccc6cc2-5)c2cc5ccccc5cc42)-c2cc4ccccc4cc2-3)c1. The van der Waals surface area contributed by atoms with E-state index in [2.05, 4.69) is 125 Å². The van der Waals surface area contributed by atoms with Gasteiger partial charge in [-0.15, -0.1) is 0 Å². The number of fused-ring (bicyclic) bond motifs is 24. The van der Waals surface area contributed by atoms with E-state index < -0.39 is 13.7 Å². The normalized spacial score (nSPS) is 13.8. The fourth-order valence-corrected chi connectivity index (χ4v) is 11.6. The van der Waals surface area contributed by atoms with Crippen LogP contribution >= 0.6 is 0 Å². The maximum Gasteiger partial charge on any atom is 0.162 e. The molecule has 0 radical (unpaired) electrons. The Kier molecular flexibility index (Phi) is 7.37. The van der Waals surface area contributed by atoms with Crippen molar-refractivity contribution in [3.63, 3.8) is 0 Å². The predicted octanol–water partition coefficient (Wildman–Crippen LogP) is 17.9. The average molecular weight is 926 g/mol. The zero-order valence-electron chi connectivity index (χ0n) is 45.2. The summed E-state index contributed by atoms with van der Waals surface area (Å²) >= 11 is 0. The fraction of sp³-hybridized carbons (Fsp3) is 0.0597. The molecule has 0 amide bonds. The first-order valence-electron chi connectivity index (χ1n) is 27.3. The number of rotatable bonds is 2. The second-order valence-electron chi connectivity index (χ2n) is 19.6. The molecular weight excluding hydrogens is 875 g/mol. The van der Waals surface area contributed by atoms with Gasteiger partial charge in [-0.3, -0.25) is 0 Å². The first kappa shape index (κ1) is 35.0. The van der Waals surface area contributed by atoms with Crippen molar-refractivity contribution >= 4 is 86.8 Å². The van der Waals surface area contributed by atoms with Gasteiger partial charge in [-0.2, -0.15) is 0 Å². The number of nitrogens with zero attached hydrogens (tertiary/aromatic N) is 3. The molecule has 0 aliphatic carbocycles. The Bertz CT molecular complexity index is 4670. The first-order valence-corrected chi connectivity index (χ1v) is 24.3. The van der Waals surface area contributed by atoms with Crippen LogP contribution in [0, 0.1) is 27.6 Å². The Balaban J connectivity index is 1.23. The lowest BCUT2D eigenvalue weighted by atomic mass is 9.92. The van der Waals surface area contributed by atoms with Crippen LogP contribution in [-0.2, 0) is 0 Å². The Hall–Kier alpha value is -9.19. The molecule has 2 N–H and O–H groups in total. The lowest BCUT2D eigenvalue weighted by Crippen LogP contribution is -1.89. The van der Waals surface area contributed by atoms with Crippen LogP contribution in [0.4, 0.5) is 0 Å². The minimum absolute atomic E-state index is 0.230. The molecule has 338 valence electrons. The highest BCUT2D eigenvalue weighted by Crippen LogP contribution is 2.49. The molecule has 2 aliphatic heterocycles. The summed E-state index contributed by atoms with van der Waals surface area (Å²) in [5.41, 5.74) is 13.3. The van der Waals surface area contributed by atoms with Crippen LogP contribution in [-0.4, -0.2) is 24.9 Å². The molecule has 0 spiro atoms. The zero-order valence-corrected chi connectivity index (χ0v) is 39.2. The molecular formula is C67H45N5. The number of aromatic amines is 2. The summed E-state index contributed by atoms with van der Waals surface area (Å²) in [4.78, 5) is 24.9. The molecule has 0 unspecified atom stereocenters. The van der Waals surface area contributed by atoms with E-state index in [0.717, 1.165) is 126 Å². The molecule has 5 nitrogen and oxygen atoms in total. The molecule has 8 bridgehead atoms. The van der Waals surface area contributed by atoms with E-state index in [1.807, 2.05) is 62.4 Å². The molecule has 2 aliphatic rings. The molecule has 0 saturated heterocycles. The van der Waals surface area contributed by atoms with Gasteiger partial charge < -0.3 is 9.97 Å². The van der Waals surface area contributed by atoms with E-state index in [0.29, 0.717) is 39.7 Å². The topological polar surface area (TPSA) is 70.2 Å². The van der Waals surface area contributed by atoms with Crippen molar-refractivity contribution in [3.05, 3.63) is 210 Å². The molecule has 13 aromatic rings. The number of benzene rings is 10. The fourth-order valence-electron chi connectivity index (χ4n) is 11.6. The van der Waals surface area contributed by atoms with E-state index >= 15 is 0 Å². The summed E-state index contributed by atoms with van der Waals surface area (Å²) in [5.74, 6) is 0.474. The van der Waals surface area contributed by atoms with Gasteiger partial charge in [0.05, 0.1) is 28.1 Å². The average Bonchev–Trinajstić information content (AvgIpc) is 4.37. The van der Waals surface area contributed by atoms with Crippen LogP contribution in [0.3, 0.4) is 0 Å². The zero-order chi connectivity index (χ0) is 52.9. The van der Waals surface area contributed by atoms with E-state index in [9.17, 15) is 0 Å². The minimum Gasteiger partial charge on any atom is -0.354 e. The second kappa shape index (κ2) is 15.2. The number of aryl methyl sites for hydroxylation is 4. The van der Waals surface area contributed by atoms with Gasteiger partial charge in [0.1, 0.15) is 5.65 Å². The van der Waals surface area contributed by atoms with Crippen LogP contribution < -0.4 is 0 Å². The van der Waals surface area contributed by atoms with Crippen molar-refractivity contribution in [2.75, 3.05) is 0 Å². The number of hydrogen-bond acceptors (Lipinski definition) is 3. The maximum atomic E-state index is 8.70. The summed E-state index contributed by atoms with van der Waals surface area (Å²) < 4.78 is 52.2. The van der Waals surface area contributed by atoms with Crippen LogP contribution in [0.5, 0.6) is 0 Å². The second-order valence-corrected chi connectivity index (χ2v) is 19.6. The summed E-state index contributed by atoms with van der Waals surface area (Å²) in [7, 11) is 0. The maximum absolute atomic E-state index is 8.70. The summed E-state index contributed by atoms with van der Waals surface area (Å²) in [6, 6.07) is 64.0. The molecule has 5 heteroatoms. The van der Waals surface area contributed by atoms with Gasteiger partial charge in [0.25, 0.3) is 0 Å². The van der Waals surface area contributed by atoms with Crippen LogP contribution in [0.1, 0.15) is 30.5 Å². The lowest BCUT2D eigenvalue weighted by Gasteiger charge is -2.11. The highest BCUT2D eigenvalue weighted by atomic mass is 15.0. The van der Waals surface area contributed by atoms with Gasteiger partial charge in [-0.25, -0.2) is 15.0 Å². The number of hydrogen-bond donors (Lipinski definition) is 2. The molecule has 15 rings (SSSR count). The van der Waals surface area contributed by atoms with Crippen LogP contribution in [0.2, 0.25) is 0 Å². The number of aromatic nitrogens is 5.